The highest BCUT2D eigenvalue weighted by atomic mass is 35.5. The van der Waals surface area contributed by atoms with Gasteiger partial charge in [-0.25, -0.2) is 0 Å². The van der Waals surface area contributed by atoms with Gasteiger partial charge >= 0.3 is 0 Å². The second kappa shape index (κ2) is 4.20. The Morgan fingerprint density at radius 2 is 2.20 bits per heavy atom. The first-order valence-corrected chi connectivity index (χ1v) is 5.57. The van der Waals surface area contributed by atoms with Crippen LogP contribution < -0.4 is 4.74 Å². The van der Waals surface area contributed by atoms with E-state index in [1.165, 1.54) is 0 Å². The first-order valence-electron chi connectivity index (χ1n) is 4.81. The third-order valence-corrected chi connectivity index (χ3v) is 3.66. The summed E-state index contributed by atoms with van der Waals surface area (Å²) in [5, 5.41) is 10.1. The highest BCUT2D eigenvalue weighted by molar-refractivity contribution is 6.42. The Bertz CT molecular complexity index is 379. The molecule has 0 saturated heterocycles. The van der Waals surface area contributed by atoms with Crippen LogP contribution in [0.25, 0.3) is 0 Å². The highest BCUT2D eigenvalue weighted by Crippen LogP contribution is 2.53. The molecule has 0 amide bonds. The van der Waals surface area contributed by atoms with Gasteiger partial charge in [-0.05, 0) is 30.4 Å². The highest BCUT2D eigenvalue weighted by Gasteiger charge is 2.41. The fourth-order valence-corrected chi connectivity index (χ4v) is 2.34. The van der Waals surface area contributed by atoms with Gasteiger partial charge in [0.05, 0.1) is 17.2 Å². The lowest BCUT2D eigenvalue weighted by Crippen LogP contribution is -1.95. The minimum Gasteiger partial charge on any atom is -0.496 e. The van der Waals surface area contributed by atoms with Crippen LogP contribution in [0.2, 0.25) is 10.0 Å². The summed E-state index contributed by atoms with van der Waals surface area (Å²) >= 11 is 12.1. The molecule has 1 aliphatic carbocycles. The quantitative estimate of drug-likeness (QED) is 0.889. The van der Waals surface area contributed by atoms with Crippen molar-refractivity contribution in [1.29, 1.82) is 0 Å². The molecule has 0 spiro atoms. The SMILES string of the molecule is COc1ccc(Cl)c(Cl)c1C1CC1CO. The Hall–Kier alpha value is -0.440. The van der Waals surface area contributed by atoms with Crippen LogP contribution in [0.4, 0.5) is 0 Å². The van der Waals surface area contributed by atoms with E-state index in [4.69, 9.17) is 33.0 Å². The van der Waals surface area contributed by atoms with Crippen molar-refractivity contribution in [3.8, 4) is 5.75 Å². The molecule has 1 fully saturated rings. The lowest BCUT2D eigenvalue weighted by molar-refractivity contribution is 0.273. The second-order valence-electron chi connectivity index (χ2n) is 3.76. The molecular weight excluding hydrogens is 235 g/mol. The van der Waals surface area contributed by atoms with Crippen molar-refractivity contribution in [2.75, 3.05) is 13.7 Å². The zero-order valence-corrected chi connectivity index (χ0v) is 9.85. The van der Waals surface area contributed by atoms with E-state index < -0.39 is 0 Å². The lowest BCUT2D eigenvalue weighted by Gasteiger charge is -2.11. The van der Waals surface area contributed by atoms with Crippen molar-refractivity contribution >= 4 is 23.2 Å². The summed E-state index contributed by atoms with van der Waals surface area (Å²) < 4.78 is 5.25. The Labute approximate surface area is 98.8 Å². The van der Waals surface area contributed by atoms with E-state index in [2.05, 4.69) is 0 Å². The summed E-state index contributed by atoms with van der Waals surface area (Å²) in [6.07, 6.45) is 0.951. The number of hydrogen-bond donors (Lipinski definition) is 1. The minimum absolute atomic E-state index is 0.191. The molecule has 0 heterocycles. The Kier molecular flexibility index (Phi) is 3.10. The third-order valence-electron chi connectivity index (χ3n) is 2.84. The van der Waals surface area contributed by atoms with Crippen LogP contribution in [0.5, 0.6) is 5.75 Å². The number of hydrogen-bond acceptors (Lipinski definition) is 2. The van der Waals surface area contributed by atoms with Gasteiger partial charge in [0, 0.05) is 12.2 Å². The fraction of sp³-hybridized carbons (Fsp3) is 0.455. The first-order chi connectivity index (χ1) is 7.19. The average Bonchev–Trinajstić information content (AvgIpc) is 3.00. The zero-order chi connectivity index (χ0) is 11.0. The number of benzene rings is 1. The topological polar surface area (TPSA) is 29.5 Å². The third kappa shape index (κ3) is 1.94. The lowest BCUT2D eigenvalue weighted by atomic mass is 10.1. The van der Waals surface area contributed by atoms with E-state index in [9.17, 15) is 0 Å². The largest absolute Gasteiger partial charge is 0.496 e. The fourth-order valence-electron chi connectivity index (χ4n) is 1.88. The van der Waals surface area contributed by atoms with Crippen LogP contribution in [0.3, 0.4) is 0 Å². The number of ether oxygens (including phenoxy) is 1. The maximum absolute atomic E-state index is 9.04. The smallest absolute Gasteiger partial charge is 0.123 e. The molecule has 1 aliphatic rings. The molecule has 82 valence electrons. The van der Waals surface area contributed by atoms with Gasteiger partial charge in [-0.2, -0.15) is 0 Å². The van der Waals surface area contributed by atoms with Gasteiger partial charge in [-0.3, -0.25) is 0 Å². The van der Waals surface area contributed by atoms with Crippen molar-refractivity contribution in [2.24, 2.45) is 5.92 Å². The molecule has 15 heavy (non-hydrogen) atoms. The zero-order valence-electron chi connectivity index (χ0n) is 8.34. The van der Waals surface area contributed by atoms with Crippen molar-refractivity contribution in [2.45, 2.75) is 12.3 Å². The van der Waals surface area contributed by atoms with E-state index in [1.54, 1.807) is 13.2 Å². The van der Waals surface area contributed by atoms with E-state index in [0.717, 1.165) is 17.7 Å². The summed E-state index contributed by atoms with van der Waals surface area (Å²) in [5.41, 5.74) is 0.936. The van der Waals surface area contributed by atoms with Crippen LogP contribution in [0.1, 0.15) is 17.9 Å². The molecule has 2 atom stereocenters. The summed E-state index contributed by atoms with van der Waals surface area (Å²) in [6, 6.07) is 3.54. The molecule has 4 heteroatoms. The van der Waals surface area contributed by atoms with Gasteiger partial charge in [-0.15, -0.1) is 0 Å². The van der Waals surface area contributed by atoms with Gasteiger partial charge in [0.1, 0.15) is 5.75 Å². The predicted octanol–water partition coefficient (Wildman–Crippen LogP) is 3.10. The molecule has 2 unspecified atom stereocenters. The van der Waals surface area contributed by atoms with Crippen LogP contribution >= 0.6 is 23.2 Å². The van der Waals surface area contributed by atoms with Crippen LogP contribution in [-0.4, -0.2) is 18.8 Å². The Morgan fingerprint density at radius 3 is 2.73 bits per heavy atom. The van der Waals surface area contributed by atoms with Crippen LogP contribution in [0.15, 0.2) is 12.1 Å². The maximum Gasteiger partial charge on any atom is 0.123 e. The van der Waals surface area contributed by atoms with Crippen molar-refractivity contribution in [1.82, 2.24) is 0 Å². The van der Waals surface area contributed by atoms with Crippen molar-refractivity contribution < 1.29 is 9.84 Å². The number of methoxy groups -OCH3 is 1. The number of rotatable bonds is 3. The molecular formula is C11H12Cl2O2. The van der Waals surface area contributed by atoms with Crippen molar-refractivity contribution in [3.63, 3.8) is 0 Å². The van der Waals surface area contributed by atoms with E-state index in [-0.39, 0.29) is 12.5 Å². The number of aliphatic hydroxyl groups is 1. The average molecular weight is 247 g/mol. The van der Waals surface area contributed by atoms with Crippen LogP contribution in [-0.2, 0) is 0 Å². The Morgan fingerprint density at radius 1 is 1.47 bits per heavy atom. The number of halogens is 2. The molecule has 0 bridgehead atoms. The number of aliphatic hydroxyl groups excluding tert-OH is 1. The molecule has 1 N–H and O–H groups in total. The molecule has 0 aromatic heterocycles. The second-order valence-corrected chi connectivity index (χ2v) is 4.55. The molecule has 1 saturated carbocycles. The standard InChI is InChI=1S/C11H12Cl2O2/c1-15-9-3-2-8(12)11(13)10(9)7-4-6(7)5-14/h2-3,6-7,14H,4-5H2,1H3. The molecule has 2 nitrogen and oxygen atoms in total. The monoisotopic (exact) mass is 246 g/mol. The summed E-state index contributed by atoms with van der Waals surface area (Å²) in [4.78, 5) is 0. The van der Waals surface area contributed by atoms with Gasteiger partial charge in [0.15, 0.2) is 0 Å². The minimum atomic E-state index is 0.191. The van der Waals surface area contributed by atoms with Gasteiger partial charge < -0.3 is 9.84 Å². The summed E-state index contributed by atoms with van der Waals surface area (Å²) in [5.74, 6) is 1.34. The van der Waals surface area contributed by atoms with E-state index >= 15 is 0 Å². The summed E-state index contributed by atoms with van der Waals surface area (Å²) in [7, 11) is 1.61. The van der Waals surface area contributed by atoms with Gasteiger partial charge in [-0.1, -0.05) is 23.2 Å². The Balaban J connectivity index is 2.39. The molecule has 1 aromatic rings. The van der Waals surface area contributed by atoms with Crippen LogP contribution in [0, 0.1) is 5.92 Å². The summed E-state index contributed by atoms with van der Waals surface area (Å²) in [6.45, 7) is 0.191. The maximum atomic E-state index is 9.04. The van der Waals surface area contributed by atoms with Gasteiger partial charge in [0.25, 0.3) is 0 Å². The van der Waals surface area contributed by atoms with Gasteiger partial charge in [0.2, 0.25) is 0 Å². The van der Waals surface area contributed by atoms with E-state index in [1.807, 2.05) is 6.07 Å². The van der Waals surface area contributed by atoms with E-state index in [0.29, 0.717) is 16.0 Å². The van der Waals surface area contributed by atoms with Crippen molar-refractivity contribution in [3.05, 3.63) is 27.7 Å². The molecule has 0 radical (unpaired) electrons. The molecule has 0 aliphatic heterocycles. The first kappa shape index (κ1) is 11.1. The molecule has 2 rings (SSSR count). The normalized spacial score (nSPS) is 24.0. The molecule has 1 aromatic carbocycles. The predicted molar refractivity (Wildman–Crippen MR) is 60.9 cm³/mol.